The molecule has 27 heavy (non-hydrogen) atoms. The first-order valence-electron chi connectivity index (χ1n) is 8.70. The van der Waals surface area contributed by atoms with Crippen LogP contribution < -0.4 is 15.8 Å². The third-order valence-electron chi connectivity index (χ3n) is 4.49. The number of aliphatic imine (C=N–C) groups is 1. The molecule has 0 radical (unpaired) electrons. The maximum absolute atomic E-state index is 12.2. The molecule has 3 N–H and O–H groups in total. The van der Waals surface area contributed by atoms with Gasteiger partial charge in [0, 0.05) is 17.5 Å². The van der Waals surface area contributed by atoms with Gasteiger partial charge in [0.15, 0.2) is 5.17 Å². The molecule has 0 spiro atoms. The molecule has 0 bridgehead atoms. The van der Waals surface area contributed by atoms with E-state index in [0.717, 1.165) is 34.7 Å². The molecule has 3 rings (SSSR count). The Kier molecular flexibility index (Phi) is 5.86. The lowest BCUT2D eigenvalue weighted by molar-refractivity contribution is -0.111. The van der Waals surface area contributed by atoms with Crippen molar-refractivity contribution in [3.05, 3.63) is 65.7 Å². The Hall–Kier alpha value is -2.73. The Morgan fingerprint density at radius 3 is 2.78 bits per heavy atom. The van der Waals surface area contributed by atoms with E-state index in [4.69, 9.17) is 10.5 Å². The van der Waals surface area contributed by atoms with Gasteiger partial charge in [0.2, 0.25) is 5.91 Å². The molecule has 6 heteroatoms. The molecule has 0 saturated heterocycles. The molecule has 0 fully saturated rings. The van der Waals surface area contributed by atoms with Gasteiger partial charge in [0.1, 0.15) is 5.75 Å². The van der Waals surface area contributed by atoms with Gasteiger partial charge in [-0.15, -0.1) is 0 Å². The lowest BCUT2D eigenvalue weighted by Gasteiger charge is -2.29. The third kappa shape index (κ3) is 4.92. The minimum atomic E-state index is -0.315. The zero-order chi connectivity index (χ0) is 19.3. The molecule has 1 unspecified atom stereocenters. The average molecular weight is 382 g/mol. The smallest absolute Gasteiger partial charge is 0.248 e. The van der Waals surface area contributed by atoms with Crippen LogP contribution in [0.5, 0.6) is 5.75 Å². The van der Waals surface area contributed by atoms with Crippen LogP contribution in [0.15, 0.2) is 59.6 Å². The summed E-state index contributed by atoms with van der Waals surface area (Å²) in [5, 5.41) is 3.46. The van der Waals surface area contributed by atoms with Crippen LogP contribution in [-0.2, 0) is 10.3 Å². The normalized spacial score (nSPS) is 19.6. The van der Waals surface area contributed by atoms with E-state index in [9.17, 15) is 4.79 Å². The second-order valence-electron chi connectivity index (χ2n) is 6.50. The number of amidine groups is 1. The number of carbonyl (C=O) groups is 1. The number of ether oxygens (including phenoxy) is 1. The number of benzene rings is 2. The molecule has 1 aliphatic rings. The molecule has 2 aromatic carbocycles. The summed E-state index contributed by atoms with van der Waals surface area (Å²) in [6, 6.07) is 15.3. The SMILES string of the molecule is COc1ccc(NC(=O)C=Cc2cccc(C3(C)CCSC(N)=N3)c2)cc1. The van der Waals surface area contributed by atoms with E-state index in [1.807, 2.05) is 12.1 Å². The van der Waals surface area contributed by atoms with Crippen molar-refractivity contribution in [3.8, 4) is 5.75 Å². The number of methoxy groups -OCH3 is 1. The summed E-state index contributed by atoms with van der Waals surface area (Å²) in [5.74, 6) is 1.52. The van der Waals surface area contributed by atoms with E-state index in [1.54, 1.807) is 49.2 Å². The fourth-order valence-electron chi connectivity index (χ4n) is 2.90. The number of thioether (sulfide) groups is 1. The topological polar surface area (TPSA) is 76.7 Å². The fraction of sp³-hybridized carbons (Fsp3) is 0.238. The van der Waals surface area contributed by atoms with Gasteiger partial charge in [0.05, 0.1) is 12.6 Å². The molecule has 1 aliphatic heterocycles. The standard InChI is InChI=1S/C21H23N3O2S/c1-21(12-13-27-20(22)24-21)16-5-3-4-15(14-16)6-11-19(25)23-17-7-9-18(26-2)10-8-17/h3-11,14H,12-13H2,1-2H3,(H2,22,24)(H,23,25). The molecule has 1 atom stereocenters. The van der Waals surface area contributed by atoms with Gasteiger partial charge >= 0.3 is 0 Å². The maximum atomic E-state index is 12.2. The first-order valence-corrected chi connectivity index (χ1v) is 9.69. The monoisotopic (exact) mass is 381 g/mol. The lowest BCUT2D eigenvalue weighted by atomic mass is 9.89. The van der Waals surface area contributed by atoms with E-state index < -0.39 is 0 Å². The van der Waals surface area contributed by atoms with E-state index in [-0.39, 0.29) is 11.4 Å². The largest absolute Gasteiger partial charge is 0.497 e. The summed E-state index contributed by atoms with van der Waals surface area (Å²) in [6.07, 6.45) is 4.26. The molecular weight excluding hydrogens is 358 g/mol. The number of anilines is 1. The number of hydrogen-bond donors (Lipinski definition) is 2. The molecule has 1 heterocycles. The molecule has 0 saturated carbocycles. The summed E-state index contributed by atoms with van der Waals surface area (Å²) < 4.78 is 5.11. The van der Waals surface area contributed by atoms with Crippen LogP contribution >= 0.6 is 11.8 Å². The van der Waals surface area contributed by atoms with Gasteiger partial charge in [0.25, 0.3) is 0 Å². The van der Waals surface area contributed by atoms with Gasteiger partial charge < -0.3 is 15.8 Å². The average Bonchev–Trinajstić information content (AvgIpc) is 2.67. The fourth-order valence-corrected chi connectivity index (χ4v) is 3.88. The van der Waals surface area contributed by atoms with Crippen molar-refractivity contribution in [1.29, 1.82) is 0 Å². The van der Waals surface area contributed by atoms with Crippen LogP contribution in [0.2, 0.25) is 0 Å². The number of nitrogens with one attached hydrogen (secondary N) is 1. The van der Waals surface area contributed by atoms with Gasteiger partial charge in [-0.25, -0.2) is 0 Å². The molecule has 0 aliphatic carbocycles. The first kappa shape index (κ1) is 19.0. The molecule has 2 aromatic rings. The van der Waals surface area contributed by atoms with E-state index in [2.05, 4.69) is 29.4 Å². The Balaban J connectivity index is 1.70. The van der Waals surface area contributed by atoms with Crippen LogP contribution in [0.3, 0.4) is 0 Å². The van der Waals surface area contributed by atoms with Crippen LogP contribution in [-0.4, -0.2) is 23.9 Å². The zero-order valence-corrected chi connectivity index (χ0v) is 16.3. The van der Waals surface area contributed by atoms with Crippen LogP contribution in [0.1, 0.15) is 24.5 Å². The van der Waals surface area contributed by atoms with Crippen molar-refractivity contribution >= 4 is 34.6 Å². The molecule has 5 nitrogen and oxygen atoms in total. The molecule has 1 amide bonds. The highest BCUT2D eigenvalue weighted by Gasteiger charge is 2.29. The summed E-state index contributed by atoms with van der Waals surface area (Å²) >= 11 is 1.59. The van der Waals surface area contributed by atoms with E-state index in [0.29, 0.717) is 5.17 Å². The van der Waals surface area contributed by atoms with Crippen molar-refractivity contribution < 1.29 is 9.53 Å². The second kappa shape index (κ2) is 8.31. The quantitative estimate of drug-likeness (QED) is 0.767. The third-order valence-corrected chi connectivity index (χ3v) is 5.28. The summed E-state index contributed by atoms with van der Waals surface area (Å²) in [7, 11) is 1.61. The summed E-state index contributed by atoms with van der Waals surface area (Å²) in [6.45, 7) is 2.10. The van der Waals surface area contributed by atoms with Crippen molar-refractivity contribution in [1.82, 2.24) is 0 Å². The van der Waals surface area contributed by atoms with Crippen molar-refractivity contribution in [3.63, 3.8) is 0 Å². The second-order valence-corrected chi connectivity index (χ2v) is 7.61. The molecular formula is C21H23N3O2S. The number of rotatable bonds is 5. The molecule has 140 valence electrons. The van der Waals surface area contributed by atoms with Gasteiger partial charge in [-0.05, 0) is 60.9 Å². The van der Waals surface area contributed by atoms with Gasteiger partial charge in [-0.2, -0.15) is 0 Å². The Morgan fingerprint density at radius 2 is 2.07 bits per heavy atom. The highest BCUT2D eigenvalue weighted by Crippen LogP contribution is 2.35. The Morgan fingerprint density at radius 1 is 1.30 bits per heavy atom. The predicted octanol–water partition coefficient (Wildman–Crippen LogP) is 4.01. The van der Waals surface area contributed by atoms with Gasteiger partial charge in [-0.1, -0.05) is 30.0 Å². The minimum absolute atomic E-state index is 0.187. The molecule has 0 aromatic heterocycles. The Labute approximate surface area is 163 Å². The van der Waals surface area contributed by atoms with Crippen LogP contribution in [0.25, 0.3) is 6.08 Å². The summed E-state index contributed by atoms with van der Waals surface area (Å²) in [4.78, 5) is 16.8. The van der Waals surface area contributed by atoms with E-state index >= 15 is 0 Å². The summed E-state index contributed by atoms with van der Waals surface area (Å²) in [5.41, 5.74) is 8.37. The number of carbonyl (C=O) groups excluding carboxylic acids is 1. The minimum Gasteiger partial charge on any atom is -0.497 e. The van der Waals surface area contributed by atoms with Crippen LogP contribution in [0.4, 0.5) is 5.69 Å². The number of amides is 1. The van der Waals surface area contributed by atoms with Crippen LogP contribution in [0, 0.1) is 0 Å². The highest BCUT2D eigenvalue weighted by atomic mass is 32.2. The Bertz CT molecular complexity index is 877. The van der Waals surface area contributed by atoms with Gasteiger partial charge in [-0.3, -0.25) is 9.79 Å². The first-order chi connectivity index (χ1) is 13.0. The number of nitrogens with two attached hydrogens (primary N) is 1. The lowest BCUT2D eigenvalue weighted by Crippen LogP contribution is -2.28. The predicted molar refractivity (Wildman–Crippen MR) is 113 cm³/mol. The maximum Gasteiger partial charge on any atom is 0.248 e. The van der Waals surface area contributed by atoms with Crippen molar-refractivity contribution in [2.24, 2.45) is 10.7 Å². The number of nitrogens with zero attached hydrogens (tertiary/aromatic N) is 1. The highest BCUT2D eigenvalue weighted by molar-refractivity contribution is 8.13. The zero-order valence-electron chi connectivity index (χ0n) is 15.4. The van der Waals surface area contributed by atoms with Crippen molar-refractivity contribution in [2.45, 2.75) is 18.9 Å². The number of hydrogen-bond acceptors (Lipinski definition) is 5. The van der Waals surface area contributed by atoms with Crippen molar-refractivity contribution in [2.75, 3.05) is 18.2 Å². The van der Waals surface area contributed by atoms with E-state index in [1.165, 1.54) is 6.08 Å².